The van der Waals surface area contributed by atoms with Gasteiger partial charge < -0.3 is 10.6 Å². The van der Waals surface area contributed by atoms with Crippen LogP contribution in [-0.4, -0.2) is 25.2 Å². The number of hydrogen-bond acceptors (Lipinski definition) is 2. The lowest BCUT2D eigenvalue weighted by Crippen LogP contribution is -2.47. The summed E-state index contributed by atoms with van der Waals surface area (Å²) in [6, 6.07) is 1.49. The first-order valence-corrected chi connectivity index (χ1v) is 7.01. The SMILES string of the molecule is CC(C)(C)CC1CCC2CCCNC2CN1. The van der Waals surface area contributed by atoms with Crippen LogP contribution in [0.2, 0.25) is 0 Å². The summed E-state index contributed by atoms with van der Waals surface area (Å²) in [6.07, 6.45) is 6.94. The fourth-order valence-electron chi connectivity index (χ4n) is 3.33. The minimum Gasteiger partial charge on any atom is -0.312 e. The summed E-state index contributed by atoms with van der Waals surface area (Å²) < 4.78 is 0. The topological polar surface area (TPSA) is 24.1 Å². The molecule has 94 valence electrons. The Morgan fingerprint density at radius 2 is 1.88 bits per heavy atom. The van der Waals surface area contributed by atoms with E-state index in [9.17, 15) is 0 Å². The van der Waals surface area contributed by atoms with Crippen LogP contribution in [0.15, 0.2) is 0 Å². The van der Waals surface area contributed by atoms with Crippen molar-refractivity contribution in [2.24, 2.45) is 11.3 Å². The van der Waals surface area contributed by atoms with Crippen LogP contribution in [0.4, 0.5) is 0 Å². The first kappa shape index (κ1) is 12.4. The number of fused-ring (bicyclic) bond motifs is 1. The van der Waals surface area contributed by atoms with E-state index in [1.807, 2.05) is 0 Å². The van der Waals surface area contributed by atoms with Crippen molar-refractivity contribution in [3.63, 3.8) is 0 Å². The molecule has 2 saturated heterocycles. The van der Waals surface area contributed by atoms with Crippen molar-refractivity contribution in [3.05, 3.63) is 0 Å². The van der Waals surface area contributed by atoms with Gasteiger partial charge in [-0.25, -0.2) is 0 Å². The summed E-state index contributed by atoms with van der Waals surface area (Å²) in [5.41, 5.74) is 0.459. The number of piperidine rings is 1. The Balaban J connectivity index is 1.87. The molecule has 0 aromatic rings. The second-order valence-electron chi connectivity index (χ2n) is 6.91. The van der Waals surface area contributed by atoms with Gasteiger partial charge in [0.2, 0.25) is 0 Å². The second kappa shape index (κ2) is 5.05. The highest BCUT2D eigenvalue weighted by atomic mass is 15.0. The van der Waals surface area contributed by atoms with E-state index in [0.717, 1.165) is 18.0 Å². The Kier molecular flexibility index (Phi) is 3.91. The van der Waals surface area contributed by atoms with Crippen LogP contribution in [0, 0.1) is 11.3 Å². The Morgan fingerprint density at radius 3 is 2.62 bits per heavy atom. The van der Waals surface area contributed by atoms with Gasteiger partial charge in [0, 0.05) is 18.6 Å². The molecule has 0 saturated carbocycles. The standard InChI is InChI=1S/C14H28N2/c1-14(2,3)9-12-7-6-11-5-4-8-15-13(11)10-16-12/h11-13,15-16H,4-10H2,1-3H3. The molecule has 2 fully saturated rings. The summed E-state index contributed by atoms with van der Waals surface area (Å²) in [6.45, 7) is 9.47. The summed E-state index contributed by atoms with van der Waals surface area (Å²) in [5.74, 6) is 0.936. The molecule has 0 spiro atoms. The van der Waals surface area contributed by atoms with Crippen molar-refractivity contribution in [1.82, 2.24) is 10.6 Å². The van der Waals surface area contributed by atoms with Gasteiger partial charge >= 0.3 is 0 Å². The largest absolute Gasteiger partial charge is 0.312 e. The molecular weight excluding hydrogens is 196 g/mol. The van der Waals surface area contributed by atoms with Crippen molar-refractivity contribution in [3.8, 4) is 0 Å². The zero-order valence-corrected chi connectivity index (χ0v) is 11.2. The third-order valence-electron chi connectivity index (χ3n) is 4.10. The van der Waals surface area contributed by atoms with Gasteiger partial charge in [-0.2, -0.15) is 0 Å². The smallest absolute Gasteiger partial charge is 0.0220 e. The van der Waals surface area contributed by atoms with E-state index < -0.39 is 0 Å². The highest BCUT2D eigenvalue weighted by Crippen LogP contribution is 2.29. The Bertz CT molecular complexity index is 203. The third kappa shape index (κ3) is 3.46. The highest BCUT2D eigenvalue weighted by molar-refractivity contribution is 4.89. The van der Waals surface area contributed by atoms with Gasteiger partial charge in [-0.3, -0.25) is 0 Å². The minimum absolute atomic E-state index is 0.459. The van der Waals surface area contributed by atoms with Crippen LogP contribution < -0.4 is 10.6 Å². The van der Waals surface area contributed by atoms with E-state index in [1.54, 1.807) is 0 Å². The summed E-state index contributed by atoms with van der Waals surface area (Å²) in [7, 11) is 0. The Morgan fingerprint density at radius 1 is 1.06 bits per heavy atom. The van der Waals surface area contributed by atoms with E-state index in [4.69, 9.17) is 0 Å². The molecule has 2 nitrogen and oxygen atoms in total. The van der Waals surface area contributed by atoms with Gasteiger partial charge in [0.25, 0.3) is 0 Å². The Hall–Kier alpha value is -0.0800. The molecular formula is C14H28N2. The molecule has 0 aliphatic carbocycles. The molecule has 2 aliphatic rings. The quantitative estimate of drug-likeness (QED) is 0.715. The van der Waals surface area contributed by atoms with Crippen molar-refractivity contribution in [2.75, 3.05) is 13.1 Å². The summed E-state index contributed by atoms with van der Waals surface area (Å²) >= 11 is 0. The van der Waals surface area contributed by atoms with E-state index >= 15 is 0 Å². The van der Waals surface area contributed by atoms with E-state index in [1.165, 1.54) is 45.2 Å². The average molecular weight is 224 g/mol. The maximum atomic E-state index is 3.77. The molecule has 2 rings (SSSR count). The van der Waals surface area contributed by atoms with Gasteiger partial charge in [-0.1, -0.05) is 20.8 Å². The highest BCUT2D eigenvalue weighted by Gasteiger charge is 2.30. The van der Waals surface area contributed by atoms with Crippen LogP contribution >= 0.6 is 0 Å². The normalized spacial score (nSPS) is 36.6. The van der Waals surface area contributed by atoms with E-state index in [0.29, 0.717) is 5.41 Å². The number of hydrogen-bond donors (Lipinski definition) is 2. The average Bonchev–Trinajstić information content (AvgIpc) is 2.39. The zero-order valence-electron chi connectivity index (χ0n) is 11.2. The second-order valence-corrected chi connectivity index (χ2v) is 6.91. The van der Waals surface area contributed by atoms with Crippen LogP contribution in [0.25, 0.3) is 0 Å². The molecule has 0 aromatic heterocycles. The van der Waals surface area contributed by atoms with Crippen LogP contribution in [0.1, 0.15) is 52.9 Å². The van der Waals surface area contributed by atoms with Gasteiger partial charge in [0.15, 0.2) is 0 Å². The fraction of sp³-hybridized carbons (Fsp3) is 1.00. The lowest BCUT2D eigenvalue weighted by atomic mass is 9.84. The van der Waals surface area contributed by atoms with Gasteiger partial charge in [0.05, 0.1) is 0 Å². The number of rotatable bonds is 1. The molecule has 2 aliphatic heterocycles. The van der Waals surface area contributed by atoms with Crippen LogP contribution in [0.5, 0.6) is 0 Å². The first-order chi connectivity index (χ1) is 7.54. The number of nitrogens with one attached hydrogen (secondary N) is 2. The fourth-order valence-corrected chi connectivity index (χ4v) is 3.33. The summed E-state index contributed by atoms with van der Waals surface area (Å²) in [4.78, 5) is 0. The molecule has 0 bridgehead atoms. The van der Waals surface area contributed by atoms with Crippen molar-refractivity contribution < 1.29 is 0 Å². The van der Waals surface area contributed by atoms with Gasteiger partial charge in [-0.05, 0) is 50.0 Å². The van der Waals surface area contributed by atoms with E-state index in [2.05, 4.69) is 31.4 Å². The molecule has 16 heavy (non-hydrogen) atoms. The monoisotopic (exact) mass is 224 g/mol. The minimum atomic E-state index is 0.459. The third-order valence-corrected chi connectivity index (χ3v) is 4.10. The van der Waals surface area contributed by atoms with Gasteiger partial charge in [0.1, 0.15) is 0 Å². The molecule has 0 amide bonds. The molecule has 2 heteroatoms. The van der Waals surface area contributed by atoms with Crippen molar-refractivity contribution >= 4 is 0 Å². The predicted molar refractivity (Wildman–Crippen MR) is 69.6 cm³/mol. The van der Waals surface area contributed by atoms with Crippen LogP contribution in [0.3, 0.4) is 0 Å². The van der Waals surface area contributed by atoms with Gasteiger partial charge in [-0.15, -0.1) is 0 Å². The molecule has 3 unspecified atom stereocenters. The molecule has 2 heterocycles. The lowest BCUT2D eigenvalue weighted by molar-refractivity contribution is 0.276. The maximum Gasteiger partial charge on any atom is 0.0220 e. The predicted octanol–water partition coefficient (Wildman–Crippen LogP) is 2.54. The summed E-state index contributed by atoms with van der Waals surface area (Å²) in [5, 5.41) is 7.46. The van der Waals surface area contributed by atoms with Crippen LogP contribution in [-0.2, 0) is 0 Å². The van der Waals surface area contributed by atoms with Crippen molar-refractivity contribution in [1.29, 1.82) is 0 Å². The maximum absolute atomic E-state index is 3.77. The lowest BCUT2D eigenvalue weighted by Gasteiger charge is -2.30. The molecule has 0 radical (unpaired) electrons. The molecule has 0 aromatic carbocycles. The zero-order chi connectivity index (χ0) is 11.6. The Labute approximate surface area is 101 Å². The van der Waals surface area contributed by atoms with Crippen molar-refractivity contribution in [2.45, 2.75) is 65.0 Å². The first-order valence-electron chi connectivity index (χ1n) is 7.01. The van der Waals surface area contributed by atoms with E-state index in [-0.39, 0.29) is 0 Å². The molecule has 2 N–H and O–H groups in total. The molecule has 3 atom stereocenters.